The molecule has 172 valence electrons. The molecule has 3 fully saturated rings. The summed E-state index contributed by atoms with van der Waals surface area (Å²) in [6.07, 6.45) is 8.69. The van der Waals surface area contributed by atoms with Gasteiger partial charge in [-0.2, -0.15) is 15.0 Å². The number of aromatic nitrogens is 3. The molecule has 1 saturated carbocycles. The Morgan fingerprint density at radius 3 is 2.34 bits per heavy atom. The minimum absolute atomic E-state index is 0.389. The van der Waals surface area contributed by atoms with E-state index in [1.54, 1.807) is 7.11 Å². The van der Waals surface area contributed by atoms with Crippen LogP contribution in [-0.4, -0.2) is 58.7 Å². The third kappa shape index (κ3) is 5.02. The molecule has 1 aromatic heterocycles. The van der Waals surface area contributed by atoms with Crippen molar-refractivity contribution in [2.75, 3.05) is 42.7 Å². The van der Waals surface area contributed by atoms with Gasteiger partial charge in [0.1, 0.15) is 5.75 Å². The number of nitrogens with one attached hydrogen (secondary N) is 3. The number of hydrogen-bond acceptors (Lipinski definition) is 8. The molecule has 0 amide bonds. The van der Waals surface area contributed by atoms with Gasteiger partial charge in [-0.1, -0.05) is 37.3 Å². The Morgan fingerprint density at radius 2 is 1.69 bits per heavy atom. The number of benzene rings is 1. The third-order valence-electron chi connectivity index (χ3n) is 6.88. The monoisotopic (exact) mass is 457 g/mol. The smallest absolute Gasteiger partial charge is 0.233 e. The fraction of sp³-hybridized carbons (Fsp3) is 0.609. The summed E-state index contributed by atoms with van der Waals surface area (Å²) in [5, 5.41) is 11.0. The third-order valence-corrected chi connectivity index (χ3v) is 7.17. The van der Waals surface area contributed by atoms with E-state index in [9.17, 15) is 0 Å². The molecule has 0 radical (unpaired) electrons. The highest BCUT2D eigenvalue weighted by molar-refractivity contribution is 6.32. The fourth-order valence-corrected chi connectivity index (χ4v) is 5.41. The van der Waals surface area contributed by atoms with Crippen LogP contribution >= 0.6 is 11.6 Å². The summed E-state index contributed by atoms with van der Waals surface area (Å²) in [7, 11) is 1.61. The zero-order valence-corrected chi connectivity index (χ0v) is 19.4. The molecular formula is C23H32ClN7O. The van der Waals surface area contributed by atoms with E-state index in [4.69, 9.17) is 21.3 Å². The van der Waals surface area contributed by atoms with Gasteiger partial charge < -0.3 is 25.6 Å². The highest BCUT2D eigenvalue weighted by Gasteiger charge is 2.38. The van der Waals surface area contributed by atoms with Crippen LogP contribution in [0.5, 0.6) is 5.75 Å². The van der Waals surface area contributed by atoms with Crippen molar-refractivity contribution in [3.63, 3.8) is 0 Å². The first-order chi connectivity index (χ1) is 15.7. The second-order valence-electron chi connectivity index (χ2n) is 9.17. The number of methoxy groups -OCH3 is 1. The van der Waals surface area contributed by atoms with E-state index in [-0.39, 0.29) is 0 Å². The van der Waals surface area contributed by atoms with Crippen molar-refractivity contribution in [1.82, 2.24) is 19.9 Å². The summed E-state index contributed by atoms with van der Waals surface area (Å²) in [5.74, 6) is 3.05. The molecule has 2 aliphatic heterocycles. The van der Waals surface area contributed by atoms with Crippen LogP contribution in [0.25, 0.3) is 0 Å². The number of ether oxygens (including phenoxy) is 1. The van der Waals surface area contributed by atoms with Gasteiger partial charge in [0.2, 0.25) is 17.8 Å². The molecule has 1 aliphatic carbocycles. The summed E-state index contributed by atoms with van der Waals surface area (Å²) in [4.78, 5) is 16.6. The van der Waals surface area contributed by atoms with Gasteiger partial charge in [0.15, 0.2) is 0 Å². The predicted octanol–water partition coefficient (Wildman–Crippen LogP) is 4.53. The zero-order chi connectivity index (χ0) is 21.9. The van der Waals surface area contributed by atoms with E-state index >= 15 is 0 Å². The van der Waals surface area contributed by atoms with E-state index in [1.165, 1.54) is 45.2 Å². The molecule has 1 aromatic carbocycles. The molecular weight excluding hydrogens is 426 g/mol. The highest BCUT2D eigenvalue weighted by Crippen LogP contribution is 2.31. The van der Waals surface area contributed by atoms with Gasteiger partial charge in [-0.05, 0) is 49.9 Å². The summed E-state index contributed by atoms with van der Waals surface area (Å²) in [6.45, 7) is 3.43. The molecule has 9 heteroatoms. The fourth-order valence-electron chi connectivity index (χ4n) is 5.15. The molecule has 5 rings (SSSR count). The van der Waals surface area contributed by atoms with Crippen LogP contribution in [0.1, 0.15) is 44.9 Å². The van der Waals surface area contributed by atoms with Gasteiger partial charge >= 0.3 is 0 Å². The lowest BCUT2D eigenvalue weighted by Gasteiger charge is -2.24. The lowest BCUT2D eigenvalue weighted by atomic mass is 10.0. The summed E-state index contributed by atoms with van der Waals surface area (Å²) in [6, 6.07) is 6.35. The molecule has 3 unspecified atom stereocenters. The second-order valence-corrected chi connectivity index (χ2v) is 9.58. The molecule has 2 bridgehead atoms. The molecule has 2 aromatic rings. The Balaban J connectivity index is 1.37. The first-order valence-corrected chi connectivity index (χ1v) is 12.2. The zero-order valence-electron chi connectivity index (χ0n) is 18.6. The summed E-state index contributed by atoms with van der Waals surface area (Å²) >= 11 is 6.30. The minimum Gasteiger partial charge on any atom is -0.495 e. The van der Waals surface area contributed by atoms with Crippen molar-refractivity contribution in [2.24, 2.45) is 5.92 Å². The van der Waals surface area contributed by atoms with Crippen molar-refractivity contribution in [3.8, 4) is 5.75 Å². The number of anilines is 4. The maximum absolute atomic E-state index is 6.30. The number of fused-ring (bicyclic) bond motifs is 2. The standard InChI is InChI=1S/C23H32ClN7O/c1-32-20-9-8-17(12-18(20)24)26-22-28-21(25-16-6-4-2-3-5-7-16)29-23(30-22)27-19-14-31-11-10-15(19)13-31/h8-9,12,15-16,19H,2-7,10-11,13-14H2,1H3,(H3,25,26,27,28,29,30). The molecule has 2 saturated heterocycles. The number of nitrogens with zero attached hydrogens (tertiary/aromatic N) is 4. The predicted molar refractivity (Wildman–Crippen MR) is 128 cm³/mol. The van der Waals surface area contributed by atoms with Crippen molar-refractivity contribution in [1.29, 1.82) is 0 Å². The summed E-state index contributed by atoms with van der Waals surface area (Å²) < 4.78 is 5.26. The maximum atomic E-state index is 6.30. The normalized spacial score (nSPS) is 25.4. The van der Waals surface area contributed by atoms with Crippen molar-refractivity contribution >= 4 is 35.1 Å². The Labute approximate surface area is 194 Å². The largest absolute Gasteiger partial charge is 0.495 e. The molecule has 0 spiro atoms. The van der Waals surface area contributed by atoms with E-state index in [2.05, 4.69) is 30.8 Å². The summed E-state index contributed by atoms with van der Waals surface area (Å²) in [5.41, 5.74) is 0.805. The van der Waals surface area contributed by atoms with Gasteiger partial charge in [0.25, 0.3) is 0 Å². The lowest BCUT2D eigenvalue weighted by molar-refractivity contribution is 0.354. The molecule has 3 atom stereocenters. The SMILES string of the molecule is COc1ccc(Nc2nc(NC3CCCCCC3)nc(NC3CN4CCC3C4)n2)cc1Cl. The number of piperidine rings is 1. The van der Waals surface area contributed by atoms with E-state index < -0.39 is 0 Å². The quantitative estimate of drug-likeness (QED) is 0.523. The van der Waals surface area contributed by atoms with Gasteiger partial charge in [0, 0.05) is 30.9 Å². The second kappa shape index (κ2) is 9.67. The Kier molecular flexibility index (Phi) is 6.50. The number of rotatable bonds is 7. The van der Waals surface area contributed by atoms with Crippen LogP contribution in [0, 0.1) is 5.92 Å². The first kappa shape index (κ1) is 21.5. The molecule has 3 N–H and O–H groups in total. The van der Waals surface area contributed by atoms with E-state index in [1.807, 2.05) is 18.2 Å². The number of hydrogen-bond donors (Lipinski definition) is 3. The minimum atomic E-state index is 0.389. The highest BCUT2D eigenvalue weighted by atomic mass is 35.5. The Bertz CT molecular complexity index is 935. The van der Waals surface area contributed by atoms with Crippen LogP contribution in [0.3, 0.4) is 0 Å². The first-order valence-electron chi connectivity index (χ1n) is 11.8. The average Bonchev–Trinajstić information content (AvgIpc) is 3.30. The number of halogens is 1. The molecule has 3 aliphatic rings. The van der Waals surface area contributed by atoms with Crippen molar-refractivity contribution in [3.05, 3.63) is 23.2 Å². The maximum Gasteiger partial charge on any atom is 0.233 e. The van der Waals surface area contributed by atoms with Crippen LogP contribution in [0.2, 0.25) is 5.02 Å². The van der Waals surface area contributed by atoms with Crippen molar-refractivity contribution in [2.45, 2.75) is 57.0 Å². The lowest BCUT2D eigenvalue weighted by Crippen LogP contribution is -2.34. The van der Waals surface area contributed by atoms with Crippen LogP contribution < -0.4 is 20.7 Å². The Morgan fingerprint density at radius 1 is 0.938 bits per heavy atom. The van der Waals surface area contributed by atoms with Crippen LogP contribution in [0.15, 0.2) is 18.2 Å². The van der Waals surface area contributed by atoms with Crippen LogP contribution in [-0.2, 0) is 0 Å². The van der Waals surface area contributed by atoms with Gasteiger partial charge in [-0.25, -0.2) is 0 Å². The van der Waals surface area contributed by atoms with Gasteiger partial charge in [-0.3, -0.25) is 0 Å². The Hall–Kier alpha value is -2.32. The van der Waals surface area contributed by atoms with E-state index in [0.29, 0.717) is 46.6 Å². The topological polar surface area (TPSA) is 87.2 Å². The molecule has 32 heavy (non-hydrogen) atoms. The van der Waals surface area contributed by atoms with Gasteiger partial charge in [0.05, 0.1) is 12.1 Å². The molecule has 3 heterocycles. The molecule has 8 nitrogen and oxygen atoms in total. The van der Waals surface area contributed by atoms with Crippen LogP contribution in [0.4, 0.5) is 23.5 Å². The average molecular weight is 458 g/mol. The van der Waals surface area contributed by atoms with E-state index in [0.717, 1.165) is 25.1 Å². The van der Waals surface area contributed by atoms with Gasteiger partial charge in [-0.15, -0.1) is 0 Å². The van der Waals surface area contributed by atoms with Crippen molar-refractivity contribution < 1.29 is 4.74 Å².